The van der Waals surface area contributed by atoms with Gasteiger partial charge in [-0.25, -0.2) is 4.79 Å². The highest BCUT2D eigenvalue weighted by molar-refractivity contribution is 5.92. The van der Waals surface area contributed by atoms with E-state index in [4.69, 9.17) is 0 Å². The Morgan fingerprint density at radius 1 is 0.600 bits per heavy atom. The molecule has 0 bridgehead atoms. The molecule has 2 aromatic heterocycles. The minimum atomic E-state index is -0.0719. The quantitative estimate of drug-likeness (QED) is 0.467. The molecule has 0 aliphatic carbocycles. The second-order valence-electron chi connectivity index (χ2n) is 4.87. The van der Waals surface area contributed by atoms with E-state index < -0.39 is 0 Å². The summed E-state index contributed by atoms with van der Waals surface area (Å²) in [4.78, 5) is 12.5. The number of rotatable bonds is 0. The Balaban J connectivity index is 1.82. The highest BCUT2D eigenvalue weighted by Gasteiger charge is 2.09. The van der Waals surface area contributed by atoms with E-state index in [0.29, 0.717) is 0 Å². The predicted molar refractivity (Wildman–Crippen MR) is 80.1 cm³/mol. The zero-order chi connectivity index (χ0) is 13.5. The molecular formula is C17H12N2O. The van der Waals surface area contributed by atoms with Crippen molar-refractivity contribution in [3.8, 4) is 0 Å². The second-order valence-corrected chi connectivity index (χ2v) is 4.87. The van der Waals surface area contributed by atoms with Crippen molar-refractivity contribution in [3.05, 3.63) is 73.3 Å². The summed E-state index contributed by atoms with van der Waals surface area (Å²) < 4.78 is 3.26. The van der Waals surface area contributed by atoms with Crippen molar-refractivity contribution in [3.63, 3.8) is 0 Å². The Bertz CT molecular complexity index is 788. The van der Waals surface area contributed by atoms with Gasteiger partial charge in [0.25, 0.3) is 0 Å². The minimum Gasteiger partial charge on any atom is -0.275 e. The molecule has 0 atom stereocenters. The van der Waals surface area contributed by atoms with Gasteiger partial charge in [-0.3, -0.25) is 9.13 Å². The Morgan fingerprint density at radius 3 is 1.20 bits per heavy atom. The van der Waals surface area contributed by atoms with E-state index in [1.54, 1.807) is 9.13 Å². The predicted octanol–water partition coefficient (Wildman–Crippen LogP) is 4.11. The van der Waals surface area contributed by atoms with Gasteiger partial charge >= 0.3 is 6.03 Å². The molecule has 0 N–H and O–H groups in total. The van der Waals surface area contributed by atoms with Crippen molar-refractivity contribution in [1.29, 1.82) is 0 Å². The van der Waals surface area contributed by atoms with Crippen molar-refractivity contribution in [2.45, 2.75) is 0 Å². The fourth-order valence-corrected chi connectivity index (χ4v) is 2.52. The number of carbonyl (C=O) groups is 1. The van der Waals surface area contributed by atoms with Crippen LogP contribution < -0.4 is 0 Å². The van der Waals surface area contributed by atoms with Gasteiger partial charge < -0.3 is 0 Å². The summed E-state index contributed by atoms with van der Waals surface area (Å²) in [5, 5.41) is 4.27. The van der Waals surface area contributed by atoms with E-state index in [-0.39, 0.29) is 6.03 Å². The molecule has 0 amide bonds. The standard InChI is InChI=1S/C17H12N2O/c20-17(18-9-13-5-1-2-6-14(13)10-18)19-11-15-7-3-4-8-16(15)12-19/h1-12H. The van der Waals surface area contributed by atoms with Crippen molar-refractivity contribution in [1.82, 2.24) is 9.13 Å². The summed E-state index contributed by atoms with van der Waals surface area (Å²) >= 11 is 0. The first kappa shape index (κ1) is 11.1. The first-order chi connectivity index (χ1) is 9.81. The van der Waals surface area contributed by atoms with Gasteiger partial charge in [0.2, 0.25) is 0 Å². The largest absolute Gasteiger partial charge is 0.336 e. The number of carbonyl (C=O) groups excluding carboxylic acids is 1. The highest BCUT2D eigenvalue weighted by atomic mass is 16.2. The number of aromatic nitrogens is 2. The van der Waals surface area contributed by atoms with Crippen molar-refractivity contribution in [2.24, 2.45) is 0 Å². The van der Waals surface area contributed by atoms with E-state index in [0.717, 1.165) is 21.5 Å². The van der Waals surface area contributed by atoms with Crippen molar-refractivity contribution in [2.75, 3.05) is 0 Å². The molecule has 0 unspecified atom stereocenters. The molecule has 0 spiro atoms. The molecule has 0 fully saturated rings. The number of benzene rings is 2. The van der Waals surface area contributed by atoms with E-state index in [2.05, 4.69) is 0 Å². The van der Waals surface area contributed by atoms with E-state index in [1.165, 1.54) is 0 Å². The van der Waals surface area contributed by atoms with Crippen molar-refractivity contribution >= 4 is 27.6 Å². The molecule has 20 heavy (non-hydrogen) atoms. The molecule has 2 heterocycles. The number of fused-ring (bicyclic) bond motifs is 2. The Morgan fingerprint density at radius 2 is 0.900 bits per heavy atom. The zero-order valence-electron chi connectivity index (χ0n) is 10.7. The highest BCUT2D eigenvalue weighted by Crippen LogP contribution is 2.17. The fourth-order valence-electron chi connectivity index (χ4n) is 2.52. The monoisotopic (exact) mass is 260 g/mol. The SMILES string of the molecule is O=C(n1cc2ccccc2c1)n1cc2ccccc2c1. The van der Waals surface area contributed by atoms with Gasteiger partial charge in [-0.2, -0.15) is 0 Å². The third-order valence-electron chi connectivity index (χ3n) is 3.55. The Hall–Kier alpha value is -2.81. The molecule has 2 aromatic carbocycles. The molecule has 3 heteroatoms. The normalized spacial score (nSPS) is 11.2. The van der Waals surface area contributed by atoms with Crippen LogP contribution in [0.2, 0.25) is 0 Å². The van der Waals surface area contributed by atoms with Gasteiger partial charge in [0.1, 0.15) is 0 Å². The fraction of sp³-hybridized carbons (Fsp3) is 0. The molecule has 0 radical (unpaired) electrons. The summed E-state index contributed by atoms with van der Waals surface area (Å²) in [6.07, 6.45) is 7.45. The van der Waals surface area contributed by atoms with Crippen LogP contribution in [0, 0.1) is 0 Å². The van der Waals surface area contributed by atoms with Crippen LogP contribution in [-0.4, -0.2) is 15.2 Å². The summed E-state index contributed by atoms with van der Waals surface area (Å²) in [6.45, 7) is 0. The third kappa shape index (κ3) is 1.64. The maximum absolute atomic E-state index is 12.5. The molecule has 0 aliphatic heterocycles. The Labute approximate surface area is 115 Å². The van der Waals surface area contributed by atoms with Crippen LogP contribution in [0.15, 0.2) is 73.3 Å². The number of hydrogen-bond donors (Lipinski definition) is 0. The summed E-state index contributed by atoms with van der Waals surface area (Å²) in [7, 11) is 0. The van der Waals surface area contributed by atoms with Gasteiger partial charge in [-0.1, -0.05) is 48.5 Å². The lowest BCUT2D eigenvalue weighted by molar-refractivity contribution is 0.244. The van der Waals surface area contributed by atoms with Crippen LogP contribution in [0.3, 0.4) is 0 Å². The lowest BCUT2D eigenvalue weighted by atomic mass is 10.2. The molecule has 96 valence electrons. The van der Waals surface area contributed by atoms with Gasteiger partial charge in [-0.05, 0) is 21.5 Å². The number of hydrogen-bond acceptors (Lipinski definition) is 1. The van der Waals surface area contributed by atoms with Gasteiger partial charge in [0, 0.05) is 24.8 Å². The van der Waals surface area contributed by atoms with Crippen LogP contribution in [-0.2, 0) is 0 Å². The minimum absolute atomic E-state index is 0.0719. The average Bonchev–Trinajstić information content (AvgIpc) is 3.10. The molecule has 3 nitrogen and oxygen atoms in total. The first-order valence-corrected chi connectivity index (χ1v) is 6.49. The van der Waals surface area contributed by atoms with E-state index in [9.17, 15) is 4.79 Å². The Kier molecular flexibility index (Phi) is 2.27. The van der Waals surface area contributed by atoms with Crippen LogP contribution in [0.4, 0.5) is 4.79 Å². The topological polar surface area (TPSA) is 26.9 Å². The average molecular weight is 260 g/mol. The van der Waals surface area contributed by atoms with Crippen molar-refractivity contribution < 1.29 is 4.79 Å². The second kappa shape index (κ2) is 4.10. The molecular weight excluding hydrogens is 248 g/mol. The molecule has 4 aromatic rings. The van der Waals surface area contributed by atoms with Gasteiger partial charge in [0.15, 0.2) is 0 Å². The summed E-state index contributed by atoms with van der Waals surface area (Å²) in [6, 6.07) is 15.8. The maximum Gasteiger partial charge on any atom is 0.336 e. The third-order valence-corrected chi connectivity index (χ3v) is 3.55. The zero-order valence-corrected chi connectivity index (χ0v) is 10.7. The lowest BCUT2D eigenvalue weighted by Crippen LogP contribution is -2.15. The number of nitrogens with zero attached hydrogens (tertiary/aromatic N) is 2. The van der Waals surface area contributed by atoms with Crippen LogP contribution in [0.25, 0.3) is 21.5 Å². The molecule has 0 saturated heterocycles. The van der Waals surface area contributed by atoms with E-state index >= 15 is 0 Å². The molecule has 4 rings (SSSR count). The van der Waals surface area contributed by atoms with Gasteiger partial charge in [-0.15, -0.1) is 0 Å². The molecule has 0 aliphatic rings. The van der Waals surface area contributed by atoms with Crippen LogP contribution >= 0.6 is 0 Å². The van der Waals surface area contributed by atoms with E-state index in [1.807, 2.05) is 73.3 Å². The first-order valence-electron chi connectivity index (χ1n) is 6.49. The smallest absolute Gasteiger partial charge is 0.275 e. The summed E-state index contributed by atoms with van der Waals surface area (Å²) in [5.41, 5.74) is 0. The lowest BCUT2D eigenvalue weighted by Gasteiger charge is -2.01. The maximum atomic E-state index is 12.5. The molecule has 0 saturated carbocycles. The van der Waals surface area contributed by atoms with Gasteiger partial charge in [0.05, 0.1) is 0 Å². The van der Waals surface area contributed by atoms with Crippen LogP contribution in [0.5, 0.6) is 0 Å². The van der Waals surface area contributed by atoms with Crippen LogP contribution in [0.1, 0.15) is 0 Å². The summed E-state index contributed by atoms with van der Waals surface area (Å²) in [5.74, 6) is 0.